The molecule has 0 aliphatic heterocycles. The van der Waals surface area contributed by atoms with Gasteiger partial charge in [0.05, 0.1) is 31.8 Å². The number of aliphatic imine (C=N–C) groups is 1. The van der Waals surface area contributed by atoms with Crippen molar-refractivity contribution in [2.24, 2.45) is 4.99 Å². The van der Waals surface area contributed by atoms with E-state index in [2.05, 4.69) is 15.0 Å². The summed E-state index contributed by atoms with van der Waals surface area (Å²) in [4.78, 5) is 38.3. The minimum Gasteiger partial charge on any atom is -0.506 e. The number of ether oxygens (including phenoxy) is 3. The first kappa shape index (κ1) is 26.9. The number of ketones is 1. The number of aliphatic hydroxyl groups excluding tert-OH is 1. The first-order valence-corrected chi connectivity index (χ1v) is 10.5. The van der Waals surface area contributed by atoms with E-state index in [1.165, 1.54) is 19.2 Å². The van der Waals surface area contributed by atoms with Gasteiger partial charge in [-0.25, -0.2) is 9.79 Å². The predicted molar refractivity (Wildman–Crippen MR) is 132 cm³/mol. The van der Waals surface area contributed by atoms with Crippen LogP contribution in [-0.2, 0) is 20.7 Å². The number of nitrogens with zero attached hydrogens (tertiary/aromatic N) is 2. The second-order valence-electron chi connectivity index (χ2n) is 6.82. The zero-order valence-corrected chi connectivity index (χ0v) is 20.0. The third kappa shape index (κ3) is 7.33. The van der Waals surface area contributed by atoms with Gasteiger partial charge in [-0.15, -0.1) is 0 Å². The molecule has 0 heterocycles. The summed E-state index contributed by atoms with van der Waals surface area (Å²) in [7, 11) is 4.09. The van der Waals surface area contributed by atoms with E-state index in [1.807, 2.05) is 12.1 Å². The van der Waals surface area contributed by atoms with Crippen LogP contribution in [0.4, 0.5) is 5.69 Å². The molecule has 35 heavy (non-hydrogen) atoms. The highest BCUT2D eigenvalue weighted by Crippen LogP contribution is 2.27. The molecule has 2 rings (SSSR count). The van der Waals surface area contributed by atoms with Crippen LogP contribution in [0, 0.1) is 10.1 Å². The highest BCUT2D eigenvalue weighted by molar-refractivity contribution is 7.80. The summed E-state index contributed by atoms with van der Waals surface area (Å²) in [5.41, 5.74) is 0.298. The Hall–Kier alpha value is -4.32. The number of carbonyl (C=O) groups excluding carboxylic acids is 2. The van der Waals surface area contributed by atoms with Crippen LogP contribution >= 0.6 is 12.2 Å². The number of thiocarbonyl (C=S) groups is 1. The standard InChI is InChI=1S/C23H23N3O8S/c1-32-18-9-4-14(12-19(18)33-2)10-11-24-23(35)25-13-17(21(28)22(29)34-3)20(27)15-5-7-16(8-6-15)26(30)31/h4-9,12-13,27H,10-11H2,1-3H3,(H,24,35). The number of nitro benzene ring substituents is 1. The zero-order valence-electron chi connectivity index (χ0n) is 19.1. The van der Waals surface area contributed by atoms with Gasteiger partial charge in [0, 0.05) is 30.5 Å². The van der Waals surface area contributed by atoms with Gasteiger partial charge in [0.15, 0.2) is 16.6 Å². The first-order chi connectivity index (χ1) is 16.7. The lowest BCUT2D eigenvalue weighted by Crippen LogP contribution is -2.24. The number of non-ortho nitro benzene ring substituents is 1. The summed E-state index contributed by atoms with van der Waals surface area (Å²) in [6.07, 6.45) is 1.50. The maximum Gasteiger partial charge on any atom is 0.379 e. The van der Waals surface area contributed by atoms with Crippen LogP contribution in [0.15, 0.2) is 53.0 Å². The van der Waals surface area contributed by atoms with Crippen molar-refractivity contribution in [3.8, 4) is 11.5 Å². The Labute approximate surface area is 206 Å². The van der Waals surface area contributed by atoms with E-state index in [-0.39, 0.29) is 16.4 Å². The number of benzene rings is 2. The van der Waals surface area contributed by atoms with Crippen molar-refractivity contribution in [2.45, 2.75) is 6.42 Å². The molecule has 0 saturated heterocycles. The number of carbonyl (C=O) groups is 2. The molecule has 12 heteroatoms. The Morgan fingerprint density at radius 3 is 2.34 bits per heavy atom. The number of methoxy groups -OCH3 is 3. The van der Waals surface area contributed by atoms with Crippen LogP contribution in [0.25, 0.3) is 5.76 Å². The number of hydrogen-bond donors (Lipinski definition) is 2. The minimum absolute atomic E-state index is 0.00265. The third-order valence-electron chi connectivity index (χ3n) is 4.67. The van der Waals surface area contributed by atoms with E-state index in [0.29, 0.717) is 24.5 Å². The number of nitrogens with one attached hydrogen (secondary N) is 1. The van der Waals surface area contributed by atoms with Crippen LogP contribution < -0.4 is 14.8 Å². The molecule has 184 valence electrons. The smallest absolute Gasteiger partial charge is 0.379 e. The molecule has 2 aromatic carbocycles. The lowest BCUT2D eigenvalue weighted by atomic mass is 10.1. The van der Waals surface area contributed by atoms with Crippen molar-refractivity contribution < 1.29 is 33.8 Å². The second kappa shape index (κ2) is 12.8. The molecule has 0 saturated carbocycles. The lowest BCUT2D eigenvalue weighted by molar-refractivity contribution is -0.384. The van der Waals surface area contributed by atoms with Gasteiger partial charge in [0.2, 0.25) is 0 Å². The van der Waals surface area contributed by atoms with Crippen LogP contribution in [0.1, 0.15) is 11.1 Å². The Morgan fingerprint density at radius 2 is 1.77 bits per heavy atom. The quantitative estimate of drug-likeness (QED) is 0.0727. The van der Waals surface area contributed by atoms with Crippen molar-refractivity contribution in [3.05, 3.63) is 69.3 Å². The van der Waals surface area contributed by atoms with Gasteiger partial charge in [-0.3, -0.25) is 14.9 Å². The lowest BCUT2D eigenvalue weighted by Gasteiger charge is -2.10. The summed E-state index contributed by atoms with van der Waals surface area (Å²) in [6, 6.07) is 10.2. The van der Waals surface area contributed by atoms with Crippen LogP contribution in [0.3, 0.4) is 0 Å². The number of aliphatic hydroxyl groups is 1. The monoisotopic (exact) mass is 501 g/mol. The summed E-state index contributed by atoms with van der Waals surface area (Å²) in [5, 5.41) is 24.3. The van der Waals surface area contributed by atoms with Gasteiger partial charge in [0.1, 0.15) is 5.76 Å². The minimum atomic E-state index is -1.23. The Morgan fingerprint density at radius 1 is 1.11 bits per heavy atom. The molecule has 0 amide bonds. The number of rotatable bonds is 10. The van der Waals surface area contributed by atoms with Crippen molar-refractivity contribution in [2.75, 3.05) is 27.9 Å². The van der Waals surface area contributed by atoms with Crippen LogP contribution in [-0.4, -0.2) is 61.0 Å². The van der Waals surface area contributed by atoms with Gasteiger partial charge < -0.3 is 24.6 Å². The first-order valence-electron chi connectivity index (χ1n) is 10.0. The molecule has 0 bridgehead atoms. The molecular weight excluding hydrogens is 478 g/mol. The van der Waals surface area contributed by atoms with E-state index < -0.39 is 28.0 Å². The zero-order chi connectivity index (χ0) is 26.0. The van der Waals surface area contributed by atoms with Gasteiger partial charge >= 0.3 is 5.97 Å². The fourth-order valence-electron chi connectivity index (χ4n) is 2.85. The predicted octanol–water partition coefficient (Wildman–Crippen LogP) is 2.81. The van der Waals surface area contributed by atoms with Crippen molar-refractivity contribution >= 4 is 46.7 Å². The average Bonchev–Trinajstić information content (AvgIpc) is 2.87. The third-order valence-corrected chi connectivity index (χ3v) is 4.92. The van der Waals surface area contributed by atoms with Crippen molar-refractivity contribution in [3.63, 3.8) is 0 Å². The van der Waals surface area contributed by atoms with E-state index in [4.69, 9.17) is 21.7 Å². The normalized spacial score (nSPS) is 11.4. The van der Waals surface area contributed by atoms with Gasteiger partial charge in [0.25, 0.3) is 11.5 Å². The molecule has 0 radical (unpaired) electrons. The number of nitro groups is 1. The van der Waals surface area contributed by atoms with Crippen LogP contribution in [0.2, 0.25) is 0 Å². The van der Waals surface area contributed by atoms with Gasteiger partial charge in [-0.2, -0.15) is 0 Å². The Kier molecular flexibility index (Phi) is 9.84. The summed E-state index contributed by atoms with van der Waals surface area (Å²) in [6.45, 7) is 0.393. The van der Waals surface area contributed by atoms with E-state index in [0.717, 1.165) is 31.0 Å². The molecule has 0 unspecified atom stereocenters. The van der Waals surface area contributed by atoms with Gasteiger partial charge in [-0.1, -0.05) is 6.07 Å². The summed E-state index contributed by atoms with van der Waals surface area (Å²) in [5.74, 6) is -1.82. The Balaban J connectivity index is 2.16. The number of Topliss-reactive ketones (excluding diaryl/α,β-unsaturated/α-hetero) is 1. The molecule has 0 aromatic heterocycles. The molecule has 11 nitrogen and oxygen atoms in total. The van der Waals surface area contributed by atoms with Crippen LogP contribution in [0.5, 0.6) is 11.5 Å². The van der Waals surface area contributed by atoms with E-state index in [1.54, 1.807) is 13.2 Å². The SMILES string of the molecule is COC(=O)C(=O)C(C=NC(=S)NCCc1ccc(OC)c(OC)c1)=C(O)c1ccc([N+](=O)[O-])cc1. The fraction of sp³-hybridized carbons (Fsp3) is 0.217. The highest BCUT2D eigenvalue weighted by Gasteiger charge is 2.23. The molecular formula is C23H23N3O8S. The topological polar surface area (TPSA) is 150 Å². The fourth-order valence-corrected chi connectivity index (χ4v) is 3.00. The number of hydrogen-bond acceptors (Lipinski definition) is 9. The van der Waals surface area contributed by atoms with E-state index >= 15 is 0 Å². The van der Waals surface area contributed by atoms with Gasteiger partial charge in [-0.05, 0) is 48.5 Å². The summed E-state index contributed by atoms with van der Waals surface area (Å²) < 4.78 is 14.9. The van der Waals surface area contributed by atoms with E-state index in [9.17, 15) is 24.8 Å². The molecule has 0 aliphatic carbocycles. The second-order valence-corrected chi connectivity index (χ2v) is 7.20. The average molecular weight is 502 g/mol. The molecule has 0 fully saturated rings. The maximum atomic E-state index is 12.4. The van der Waals surface area contributed by atoms with Crippen molar-refractivity contribution in [1.29, 1.82) is 0 Å². The molecule has 0 atom stereocenters. The summed E-state index contributed by atoms with van der Waals surface area (Å²) >= 11 is 5.15. The maximum absolute atomic E-state index is 12.4. The van der Waals surface area contributed by atoms with Crippen molar-refractivity contribution in [1.82, 2.24) is 5.32 Å². The molecule has 2 aromatic rings. The Bertz CT molecular complexity index is 1180. The molecule has 2 N–H and O–H groups in total. The molecule has 0 spiro atoms. The largest absolute Gasteiger partial charge is 0.506 e. The number of esters is 1. The highest BCUT2D eigenvalue weighted by atomic mass is 32.1. The molecule has 0 aliphatic rings.